The molecule has 1 aliphatic rings. The van der Waals surface area contributed by atoms with E-state index in [-0.39, 0.29) is 11.8 Å². The van der Waals surface area contributed by atoms with Crippen LogP contribution in [0.1, 0.15) is 12.8 Å². The zero-order valence-electron chi connectivity index (χ0n) is 7.01. The summed E-state index contributed by atoms with van der Waals surface area (Å²) in [4.78, 5) is 11.3. The number of hydrogen-bond donors (Lipinski definition) is 1. The molecule has 0 aromatic heterocycles. The summed E-state index contributed by atoms with van der Waals surface area (Å²) in [5, 5.41) is 2.82. The maximum absolute atomic E-state index is 11.3. The predicted molar refractivity (Wildman–Crippen MR) is 47.3 cm³/mol. The molecule has 4 heteroatoms. The summed E-state index contributed by atoms with van der Waals surface area (Å²) in [7, 11) is 0. The Morgan fingerprint density at radius 3 is 3.08 bits per heavy atom. The maximum Gasteiger partial charge on any atom is 0.225 e. The predicted octanol–water partition coefficient (Wildman–Crippen LogP) is 0.768. The van der Waals surface area contributed by atoms with Crippen LogP contribution in [0.5, 0.6) is 0 Å². The van der Waals surface area contributed by atoms with Gasteiger partial charge < -0.3 is 10.1 Å². The van der Waals surface area contributed by atoms with E-state index in [0.717, 1.165) is 12.8 Å². The first-order chi connectivity index (χ1) is 5.84. The van der Waals surface area contributed by atoms with Crippen LogP contribution in [0.2, 0.25) is 0 Å². The lowest BCUT2D eigenvalue weighted by atomic mass is 10.1. The van der Waals surface area contributed by atoms with E-state index in [1.807, 2.05) is 0 Å². The zero-order valence-corrected chi connectivity index (χ0v) is 7.77. The topological polar surface area (TPSA) is 38.3 Å². The summed E-state index contributed by atoms with van der Waals surface area (Å²) in [6.45, 7) is 1.97. The minimum absolute atomic E-state index is 0.0697. The first-order valence-corrected chi connectivity index (χ1v) is 4.79. The molecule has 1 heterocycles. The summed E-state index contributed by atoms with van der Waals surface area (Å²) in [5.74, 6) is 0.777. The Bertz CT molecular complexity index is 146. The highest BCUT2D eigenvalue weighted by atomic mass is 35.5. The molecule has 1 aliphatic heterocycles. The first kappa shape index (κ1) is 9.81. The minimum atomic E-state index is 0.0697. The SMILES string of the molecule is O=C(NCCCCl)C1CCOC1. The van der Waals surface area contributed by atoms with E-state index in [1.165, 1.54) is 0 Å². The smallest absolute Gasteiger partial charge is 0.225 e. The van der Waals surface area contributed by atoms with E-state index in [2.05, 4.69) is 5.32 Å². The van der Waals surface area contributed by atoms with E-state index in [4.69, 9.17) is 16.3 Å². The summed E-state index contributed by atoms with van der Waals surface area (Å²) in [6.07, 6.45) is 1.69. The Balaban J connectivity index is 2.10. The van der Waals surface area contributed by atoms with Crippen LogP contribution in [0.15, 0.2) is 0 Å². The van der Waals surface area contributed by atoms with Crippen molar-refractivity contribution in [3.63, 3.8) is 0 Å². The van der Waals surface area contributed by atoms with Crippen LogP contribution in [0.4, 0.5) is 0 Å². The third-order valence-corrected chi connectivity index (χ3v) is 2.18. The normalized spacial score (nSPS) is 22.6. The molecule has 1 fully saturated rings. The molecule has 1 amide bonds. The molecule has 1 atom stereocenters. The number of alkyl halides is 1. The minimum Gasteiger partial charge on any atom is -0.381 e. The Kier molecular flexibility index (Phi) is 4.40. The average molecular weight is 192 g/mol. The van der Waals surface area contributed by atoms with Gasteiger partial charge in [-0.05, 0) is 12.8 Å². The number of nitrogens with one attached hydrogen (secondary N) is 1. The van der Waals surface area contributed by atoms with Gasteiger partial charge >= 0.3 is 0 Å². The van der Waals surface area contributed by atoms with Crippen molar-refractivity contribution in [2.75, 3.05) is 25.6 Å². The van der Waals surface area contributed by atoms with Crippen molar-refractivity contribution in [3.8, 4) is 0 Å². The van der Waals surface area contributed by atoms with Gasteiger partial charge in [-0.3, -0.25) is 4.79 Å². The van der Waals surface area contributed by atoms with Crippen LogP contribution < -0.4 is 5.32 Å². The van der Waals surface area contributed by atoms with Gasteiger partial charge in [0.25, 0.3) is 0 Å². The highest BCUT2D eigenvalue weighted by molar-refractivity contribution is 6.17. The van der Waals surface area contributed by atoms with Gasteiger partial charge in [-0.1, -0.05) is 0 Å². The van der Waals surface area contributed by atoms with Crippen LogP contribution in [0, 0.1) is 5.92 Å². The molecule has 12 heavy (non-hydrogen) atoms. The van der Waals surface area contributed by atoms with Gasteiger partial charge in [-0.2, -0.15) is 0 Å². The Morgan fingerprint density at radius 2 is 2.50 bits per heavy atom. The van der Waals surface area contributed by atoms with Crippen LogP contribution in [-0.2, 0) is 9.53 Å². The van der Waals surface area contributed by atoms with Crippen molar-refractivity contribution >= 4 is 17.5 Å². The maximum atomic E-state index is 11.3. The molecule has 1 unspecified atom stereocenters. The van der Waals surface area contributed by atoms with Crippen molar-refractivity contribution in [2.45, 2.75) is 12.8 Å². The third kappa shape index (κ3) is 2.99. The van der Waals surface area contributed by atoms with Crippen molar-refractivity contribution in [2.24, 2.45) is 5.92 Å². The summed E-state index contributed by atoms with van der Waals surface area (Å²) in [5.41, 5.74) is 0. The summed E-state index contributed by atoms with van der Waals surface area (Å²) < 4.78 is 5.10. The van der Waals surface area contributed by atoms with Crippen LogP contribution in [-0.4, -0.2) is 31.5 Å². The van der Waals surface area contributed by atoms with Gasteiger partial charge in [0, 0.05) is 19.0 Å². The van der Waals surface area contributed by atoms with E-state index >= 15 is 0 Å². The van der Waals surface area contributed by atoms with Crippen molar-refractivity contribution in [1.29, 1.82) is 0 Å². The van der Waals surface area contributed by atoms with E-state index in [1.54, 1.807) is 0 Å². The summed E-state index contributed by atoms with van der Waals surface area (Å²) >= 11 is 5.47. The Hall–Kier alpha value is -0.280. The number of amides is 1. The lowest BCUT2D eigenvalue weighted by Gasteiger charge is -2.07. The number of halogens is 1. The average Bonchev–Trinajstić information content (AvgIpc) is 2.56. The summed E-state index contributed by atoms with van der Waals surface area (Å²) in [6, 6.07) is 0. The van der Waals surface area contributed by atoms with Crippen molar-refractivity contribution in [1.82, 2.24) is 5.32 Å². The molecule has 70 valence electrons. The highest BCUT2D eigenvalue weighted by Gasteiger charge is 2.22. The number of ether oxygens (including phenoxy) is 1. The second-order valence-corrected chi connectivity index (χ2v) is 3.27. The van der Waals surface area contributed by atoms with Gasteiger partial charge in [0.15, 0.2) is 0 Å². The molecule has 0 aliphatic carbocycles. The van der Waals surface area contributed by atoms with Crippen LogP contribution in [0.25, 0.3) is 0 Å². The van der Waals surface area contributed by atoms with Crippen LogP contribution in [0.3, 0.4) is 0 Å². The van der Waals surface area contributed by atoms with Crippen molar-refractivity contribution in [3.05, 3.63) is 0 Å². The Morgan fingerprint density at radius 1 is 1.67 bits per heavy atom. The first-order valence-electron chi connectivity index (χ1n) is 4.26. The number of rotatable bonds is 4. The molecule has 0 saturated carbocycles. The second kappa shape index (κ2) is 5.38. The number of hydrogen-bond acceptors (Lipinski definition) is 2. The fourth-order valence-corrected chi connectivity index (χ4v) is 1.30. The molecule has 3 nitrogen and oxygen atoms in total. The van der Waals surface area contributed by atoms with Gasteiger partial charge in [-0.25, -0.2) is 0 Å². The van der Waals surface area contributed by atoms with Crippen LogP contribution >= 0.6 is 11.6 Å². The number of carbonyl (C=O) groups is 1. The highest BCUT2D eigenvalue weighted by Crippen LogP contribution is 2.11. The monoisotopic (exact) mass is 191 g/mol. The Labute approximate surface area is 77.4 Å². The molecule has 0 aromatic rings. The molecular formula is C8H14ClNO2. The fraction of sp³-hybridized carbons (Fsp3) is 0.875. The largest absolute Gasteiger partial charge is 0.381 e. The van der Waals surface area contributed by atoms with Gasteiger partial charge in [0.2, 0.25) is 5.91 Å². The second-order valence-electron chi connectivity index (χ2n) is 2.89. The molecule has 1 N–H and O–H groups in total. The van der Waals surface area contributed by atoms with Gasteiger partial charge in [-0.15, -0.1) is 11.6 Å². The van der Waals surface area contributed by atoms with E-state index < -0.39 is 0 Å². The molecule has 0 bridgehead atoms. The van der Waals surface area contributed by atoms with Gasteiger partial charge in [0.05, 0.1) is 12.5 Å². The molecule has 0 aromatic carbocycles. The molecule has 0 radical (unpaired) electrons. The zero-order chi connectivity index (χ0) is 8.81. The number of carbonyl (C=O) groups excluding carboxylic acids is 1. The standard InChI is InChI=1S/C8H14ClNO2/c9-3-1-4-10-8(11)7-2-5-12-6-7/h7H,1-6H2,(H,10,11). The third-order valence-electron chi connectivity index (χ3n) is 1.91. The molecule has 1 saturated heterocycles. The molecule has 1 rings (SSSR count). The molecular weight excluding hydrogens is 178 g/mol. The van der Waals surface area contributed by atoms with Crippen molar-refractivity contribution < 1.29 is 9.53 Å². The lowest BCUT2D eigenvalue weighted by molar-refractivity contribution is -0.124. The van der Waals surface area contributed by atoms with Gasteiger partial charge in [0.1, 0.15) is 0 Å². The lowest BCUT2D eigenvalue weighted by Crippen LogP contribution is -2.31. The quantitative estimate of drug-likeness (QED) is 0.527. The van der Waals surface area contributed by atoms with E-state index in [0.29, 0.717) is 25.6 Å². The molecule has 0 spiro atoms. The van der Waals surface area contributed by atoms with E-state index in [9.17, 15) is 4.79 Å². The fourth-order valence-electron chi connectivity index (χ4n) is 1.16.